The van der Waals surface area contributed by atoms with E-state index in [0.29, 0.717) is 0 Å². The van der Waals surface area contributed by atoms with Gasteiger partial charge in [0.15, 0.2) is 0 Å². The third-order valence-electron chi connectivity index (χ3n) is 5.28. The van der Waals surface area contributed by atoms with Gasteiger partial charge in [-0.2, -0.15) is 0 Å². The predicted molar refractivity (Wildman–Crippen MR) is 77.5 cm³/mol. The second kappa shape index (κ2) is 6.12. The van der Waals surface area contributed by atoms with E-state index in [1.807, 2.05) is 0 Å². The van der Waals surface area contributed by atoms with Gasteiger partial charge in [-0.3, -0.25) is 0 Å². The van der Waals surface area contributed by atoms with E-state index in [1.165, 1.54) is 83.5 Å². The van der Waals surface area contributed by atoms with Crippen LogP contribution >= 0.6 is 0 Å². The molecule has 1 heteroatoms. The molecule has 3 aliphatic rings. The number of hydrogen-bond donors (Lipinski definition) is 0. The van der Waals surface area contributed by atoms with Crippen LogP contribution in [0.3, 0.4) is 0 Å². The summed E-state index contributed by atoms with van der Waals surface area (Å²) in [4.78, 5) is 2.92. The fourth-order valence-corrected chi connectivity index (χ4v) is 4.36. The molecule has 0 amide bonds. The van der Waals surface area contributed by atoms with Gasteiger partial charge in [-0.05, 0) is 51.4 Å². The van der Waals surface area contributed by atoms with Crippen LogP contribution in [-0.4, -0.2) is 17.0 Å². The first-order chi connectivity index (χ1) is 8.95. The molecule has 0 aliphatic heterocycles. The van der Waals surface area contributed by atoms with Gasteiger partial charge >= 0.3 is 0 Å². The lowest BCUT2D eigenvalue weighted by atomic mass is 9.90. The highest BCUT2D eigenvalue weighted by atomic mass is 15.2. The molecule has 3 rings (SSSR count). The fraction of sp³-hybridized carbons (Fsp3) is 0.882. The maximum Gasteiger partial charge on any atom is 0.0289 e. The molecule has 0 aromatic carbocycles. The molecule has 0 bridgehead atoms. The molecule has 0 unspecified atom stereocenters. The van der Waals surface area contributed by atoms with Gasteiger partial charge in [-0.1, -0.05) is 38.2 Å². The number of allylic oxidation sites excluding steroid dienone is 2. The minimum atomic E-state index is 0.895. The average Bonchev–Trinajstić information content (AvgIpc) is 2.95. The van der Waals surface area contributed by atoms with Crippen LogP contribution in [-0.2, 0) is 0 Å². The Morgan fingerprint density at radius 1 is 0.722 bits per heavy atom. The van der Waals surface area contributed by atoms with Crippen LogP contribution in [0, 0.1) is 0 Å². The smallest absolute Gasteiger partial charge is 0.0289 e. The Kier molecular flexibility index (Phi) is 4.28. The molecular weight excluding hydrogens is 218 g/mol. The summed E-state index contributed by atoms with van der Waals surface area (Å²) in [7, 11) is 0. The quantitative estimate of drug-likeness (QED) is 0.676. The summed E-state index contributed by atoms with van der Waals surface area (Å²) in [5.41, 5.74) is 1.74. The molecule has 0 spiro atoms. The normalized spacial score (nSPS) is 27.2. The zero-order chi connectivity index (χ0) is 12.2. The summed E-state index contributed by atoms with van der Waals surface area (Å²) in [5.74, 6) is 0. The number of rotatable bonds is 3. The van der Waals surface area contributed by atoms with Crippen molar-refractivity contribution in [2.75, 3.05) is 0 Å². The van der Waals surface area contributed by atoms with Crippen molar-refractivity contribution in [3.8, 4) is 0 Å². The van der Waals surface area contributed by atoms with Crippen molar-refractivity contribution in [3.05, 3.63) is 11.8 Å². The number of nitrogens with zero attached hydrogens (tertiary/aromatic N) is 1. The zero-order valence-electron chi connectivity index (χ0n) is 11.9. The van der Waals surface area contributed by atoms with Crippen LogP contribution in [0.15, 0.2) is 11.8 Å². The van der Waals surface area contributed by atoms with Gasteiger partial charge in [0.25, 0.3) is 0 Å². The molecule has 1 nitrogen and oxygen atoms in total. The largest absolute Gasteiger partial charge is 0.369 e. The van der Waals surface area contributed by atoms with E-state index in [4.69, 9.17) is 0 Å². The minimum absolute atomic E-state index is 0.895. The Hall–Kier alpha value is -0.460. The first-order valence-electron chi connectivity index (χ1n) is 8.42. The van der Waals surface area contributed by atoms with Crippen LogP contribution in [0.4, 0.5) is 0 Å². The molecule has 102 valence electrons. The lowest BCUT2D eigenvalue weighted by Gasteiger charge is -2.43. The summed E-state index contributed by atoms with van der Waals surface area (Å²) in [6.45, 7) is 0. The minimum Gasteiger partial charge on any atom is -0.369 e. The third-order valence-corrected chi connectivity index (χ3v) is 5.28. The van der Waals surface area contributed by atoms with Gasteiger partial charge in [-0.25, -0.2) is 0 Å². The average molecular weight is 247 g/mol. The zero-order valence-corrected chi connectivity index (χ0v) is 11.9. The van der Waals surface area contributed by atoms with Crippen molar-refractivity contribution in [2.24, 2.45) is 0 Å². The highest BCUT2D eigenvalue weighted by Crippen LogP contribution is 2.36. The van der Waals surface area contributed by atoms with Gasteiger partial charge < -0.3 is 4.90 Å². The molecular formula is C17H29N. The van der Waals surface area contributed by atoms with Gasteiger partial charge in [0.05, 0.1) is 0 Å². The molecule has 0 saturated heterocycles. The summed E-state index contributed by atoms with van der Waals surface area (Å²) < 4.78 is 0. The number of hydrogen-bond acceptors (Lipinski definition) is 1. The predicted octanol–water partition coefficient (Wildman–Crippen LogP) is 5.02. The molecule has 0 radical (unpaired) electrons. The summed E-state index contributed by atoms with van der Waals surface area (Å²) in [5, 5.41) is 0. The lowest BCUT2D eigenvalue weighted by Crippen LogP contribution is -2.42. The van der Waals surface area contributed by atoms with E-state index >= 15 is 0 Å². The van der Waals surface area contributed by atoms with Crippen molar-refractivity contribution in [3.63, 3.8) is 0 Å². The van der Waals surface area contributed by atoms with Crippen LogP contribution in [0.2, 0.25) is 0 Å². The van der Waals surface area contributed by atoms with Gasteiger partial charge in [0.2, 0.25) is 0 Å². The maximum atomic E-state index is 2.92. The van der Waals surface area contributed by atoms with E-state index < -0.39 is 0 Å². The Bertz CT molecular complexity index is 282. The lowest BCUT2D eigenvalue weighted by molar-refractivity contribution is 0.139. The summed E-state index contributed by atoms with van der Waals surface area (Å²) >= 11 is 0. The third kappa shape index (κ3) is 2.75. The van der Waals surface area contributed by atoms with Crippen LogP contribution < -0.4 is 0 Å². The van der Waals surface area contributed by atoms with Crippen molar-refractivity contribution >= 4 is 0 Å². The van der Waals surface area contributed by atoms with Crippen molar-refractivity contribution in [2.45, 2.75) is 95.6 Å². The Balaban J connectivity index is 1.75. The van der Waals surface area contributed by atoms with Crippen molar-refractivity contribution in [1.82, 2.24) is 4.90 Å². The topological polar surface area (TPSA) is 3.24 Å². The van der Waals surface area contributed by atoms with Gasteiger partial charge in [0, 0.05) is 17.8 Å². The molecule has 3 aliphatic carbocycles. The molecule has 0 N–H and O–H groups in total. The van der Waals surface area contributed by atoms with E-state index in [1.54, 1.807) is 5.70 Å². The summed E-state index contributed by atoms with van der Waals surface area (Å²) in [6, 6.07) is 1.80. The van der Waals surface area contributed by atoms with E-state index in [0.717, 1.165) is 12.1 Å². The molecule has 0 aromatic heterocycles. The van der Waals surface area contributed by atoms with Gasteiger partial charge in [0.1, 0.15) is 0 Å². The molecule has 2 fully saturated rings. The maximum absolute atomic E-state index is 2.92. The SMILES string of the molecule is C1=C(N(C2CCCCC2)C2CCCC2)CCCC1. The van der Waals surface area contributed by atoms with Gasteiger partial charge in [-0.15, -0.1) is 0 Å². The second-order valence-corrected chi connectivity index (χ2v) is 6.58. The Labute approximate surface area is 113 Å². The fourth-order valence-electron chi connectivity index (χ4n) is 4.36. The molecule has 2 saturated carbocycles. The molecule has 0 aromatic rings. The molecule has 0 heterocycles. The van der Waals surface area contributed by atoms with Crippen LogP contribution in [0.25, 0.3) is 0 Å². The Morgan fingerprint density at radius 2 is 1.33 bits per heavy atom. The summed E-state index contributed by atoms with van der Waals surface area (Å²) in [6.07, 6.45) is 21.4. The molecule has 18 heavy (non-hydrogen) atoms. The van der Waals surface area contributed by atoms with Crippen LogP contribution in [0.1, 0.15) is 83.5 Å². The molecule has 0 atom stereocenters. The highest BCUT2D eigenvalue weighted by molar-refractivity contribution is 5.09. The standard InChI is InChI=1S/C17H29N/c1-3-9-15(10-4-1)18(17-13-7-8-14-17)16-11-5-2-6-12-16/h9,16-17H,1-8,10-14H2. The second-order valence-electron chi connectivity index (χ2n) is 6.58. The van der Waals surface area contributed by atoms with E-state index in [2.05, 4.69) is 11.0 Å². The monoisotopic (exact) mass is 247 g/mol. The first kappa shape index (κ1) is 12.6. The van der Waals surface area contributed by atoms with E-state index in [9.17, 15) is 0 Å². The van der Waals surface area contributed by atoms with Crippen molar-refractivity contribution in [1.29, 1.82) is 0 Å². The Morgan fingerprint density at radius 3 is 1.89 bits per heavy atom. The van der Waals surface area contributed by atoms with Crippen molar-refractivity contribution < 1.29 is 0 Å². The highest BCUT2D eigenvalue weighted by Gasteiger charge is 2.31. The van der Waals surface area contributed by atoms with E-state index in [-0.39, 0.29) is 0 Å². The van der Waals surface area contributed by atoms with Crippen LogP contribution in [0.5, 0.6) is 0 Å². The first-order valence-corrected chi connectivity index (χ1v) is 8.42.